The first-order chi connectivity index (χ1) is 16.5. The number of para-hydroxylation sites is 1. The summed E-state index contributed by atoms with van der Waals surface area (Å²) in [4.78, 5) is 26.5. The second-order valence-corrected chi connectivity index (χ2v) is 8.74. The number of amides is 2. The Morgan fingerprint density at radius 2 is 1.56 bits per heavy atom. The maximum Gasteiger partial charge on any atom is 0.243 e. The van der Waals surface area contributed by atoms with Crippen molar-refractivity contribution < 1.29 is 9.59 Å². The van der Waals surface area contributed by atoms with Crippen molar-refractivity contribution in [2.24, 2.45) is 0 Å². The van der Waals surface area contributed by atoms with Gasteiger partial charge >= 0.3 is 0 Å². The largest absolute Gasteiger partial charge is 0.336 e. The lowest BCUT2D eigenvalue weighted by Crippen LogP contribution is -2.36. The summed E-state index contributed by atoms with van der Waals surface area (Å²) >= 11 is 1.29. The molecule has 0 aliphatic rings. The molecule has 3 aromatic carbocycles. The summed E-state index contributed by atoms with van der Waals surface area (Å²) in [5.41, 5.74) is 3.66. The van der Waals surface area contributed by atoms with Crippen molar-refractivity contribution in [2.45, 2.75) is 12.1 Å². The molecule has 0 aliphatic carbocycles. The van der Waals surface area contributed by atoms with E-state index in [0.29, 0.717) is 16.7 Å². The number of benzene rings is 3. The Bertz CT molecular complexity index is 1260. The summed E-state index contributed by atoms with van der Waals surface area (Å²) < 4.78 is 1.94. The molecule has 1 heterocycles. The molecule has 2 amide bonds. The van der Waals surface area contributed by atoms with Gasteiger partial charge in [0.15, 0.2) is 11.0 Å². The number of aromatic nitrogens is 3. The van der Waals surface area contributed by atoms with Crippen molar-refractivity contribution in [3.05, 3.63) is 90.5 Å². The Morgan fingerprint density at radius 3 is 2.24 bits per heavy atom. The van der Waals surface area contributed by atoms with Crippen LogP contribution in [0, 0.1) is 6.92 Å². The molecule has 0 radical (unpaired) electrons. The molecule has 0 aliphatic heterocycles. The van der Waals surface area contributed by atoms with Crippen molar-refractivity contribution in [1.82, 2.24) is 19.7 Å². The lowest BCUT2D eigenvalue weighted by atomic mass is 10.2. The predicted molar refractivity (Wildman–Crippen MR) is 135 cm³/mol. The third kappa shape index (κ3) is 5.71. The maximum absolute atomic E-state index is 12.7. The number of hydrogen-bond donors (Lipinski definition) is 1. The number of carbonyl (C=O) groups is 2. The molecular formula is C26H25N5O2S. The first-order valence-electron chi connectivity index (χ1n) is 10.8. The fourth-order valence-electron chi connectivity index (χ4n) is 3.32. The van der Waals surface area contributed by atoms with Gasteiger partial charge in [0, 0.05) is 24.0 Å². The van der Waals surface area contributed by atoms with Crippen LogP contribution in [0.2, 0.25) is 0 Å². The van der Waals surface area contributed by atoms with E-state index >= 15 is 0 Å². The van der Waals surface area contributed by atoms with E-state index < -0.39 is 0 Å². The zero-order valence-corrected chi connectivity index (χ0v) is 19.8. The fraction of sp³-hybridized carbons (Fsp3) is 0.154. The molecule has 8 heteroatoms. The number of hydrogen-bond acceptors (Lipinski definition) is 5. The zero-order valence-electron chi connectivity index (χ0n) is 19.0. The van der Waals surface area contributed by atoms with E-state index in [-0.39, 0.29) is 24.1 Å². The fourth-order valence-corrected chi connectivity index (χ4v) is 4.22. The van der Waals surface area contributed by atoms with E-state index in [2.05, 4.69) is 15.5 Å². The highest BCUT2D eigenvalue weighted by atomic mass is 32.2. The molecule has 0 bridgehead atoms. The summed E-state index contributed by atoms with van der Waals surface area (Å²) in [6, 6.07) is 27.1. The van der Waals surface area contributed by atoms with Crippen molar-refractivity contribution in [1.29, 1.82) is 0 Å². The molecule has 1 N–H and O–H groups in total. The molecule has 0 unspecified atom stereocenters. The number of nitrogens with one attached hydrogen (secondary N) is 1. The quantitative estimate of drug-likeness (QED) is 0.385. The minimum Gasteiger partial charge on any atom is -0.336 e. The highest BCUT2D eigenvalue weighted by Gasteiger charge is 2.19. The molecule has 7 nitrogen and oxygen atoms in total. The second kappa shape index (κ2) is 10.8. The van der Waals surface area contributed by atoms with Gasteiger partial charge in [-0.05, 0) is 31.2 Å². The number of carbonyl (C=O) groups excluding carboxylic acids is 2. The van der Waals surface area contributed by atoms with Gasteiger partial charge in [-0.3, -0.25) is 14.2 Å². The molecule has 0 saturated heterocycles. The summed E-state index contributed by atoms with van der Waals surface area (Å²) in [6.45, 7) is 1.95. The summed E-state index contributed by atoms with van der Waals surface area (Å²) in [7, 11) is 1.62. The Hall–Kier alpha value is -3.91. The van der Waals surface area contributed by atoms with Crippen LogP contribution in [0.1, 0.15) is 5.56 Å². The van der Waals surface area contributed by atoms with Crippen LogP contribution in [-0.4, -0.2) is 50.8 Å². The van der Waals surface area contributed by atoms with Crippen LogP contribution < -0.4 is 5.32 Å². The minimum atomic E-state index is -0.247. The molecule has 0 atom stereocenters. The lowest BCUT2D eigenvalue weighted by Gasteiger charge is -2.17. The summed E-state index contributed by atoms with van der Waals surface area (Å²) in [5.74, 6) is 0.415. The van der Waals surface area contributed by atoms with E-state index in [0.717, 1.165) is 16.8 Å². The molecule has 172 valence electrons. The number of anilines is 1. The number of thioether (sulfide) groups is 1. The first-order valence-corrected chi connectivity index (χ1v) is 11.8. The van der Waals surface area contributed by atoms with Gasteiger partial charge in [-0.25, -0.2) is 0 Å². The SMILES string of the molecule is Cc1ccc(NC(=O)CN(C)C(=O)CSc2nnc(-c3ccccc3)n2-c2ccccc2)cc1. The van der Waals surface area contributed by atoms with Crippen molar-refractivity contribution in [2.75, 3.05) is 24.7 Å². The van der Waals surface area contributed by atoms with Crippen molar-refractivity contribution in [3.8, 4) is 17.1 Å². The second-order valence-electron chi connectivity index (χ2n) is 7.80. The van der Waals surface area contributed by atoms with Gasteiger partial charge in [-0.2, -0.15) is 0 Å². The first kappa shape index (κ1) is 23.3. The van der Waals surface area contributed by atoms with Crippen LogP contribution in [0.25, 0.3) is 17.1 Å². The van der Waals surface area contributed by atoms with Crippen molar-refractivity contribution in [3.63, 3.8) is 0 Å². The topological polar surface area (TPSA) is 80.1 Å². The third-order valence-corrected chi connectivity index (χ3v) is 6.06. The monoisotopic (exact) mass is 471 g/mol. The van der Waals surface area contributed by atoms with Gasteiger partial charge in [0.25, 0.3) is 0 Å². The van der Waals surface area contributed by atoms with Crippen LogP contribution in [-0.2, 0) is 9.59 Å². The van der Waals surface area contributed by atoms with E-state index in [4.69, 9.17) is 0 Å². The minimum absolute atomic E-state index is 0.0338. The van der Waals surface area contributed by atoms with Crippen LogP contribution in [0.5, 0.6) is 0 Å². The van der Waals surface area contributed by atoms with Crippen LogP contribution in [0.3, 0.4) is 0 Å². The molecule has 0 fully saturated rings. The number of likely N-dealkylation sites (N-methyl/N-ethyl adjacent to an activating group) is 1. The molecule has 1 aromatic heterocycles. The van der Waals surface area contributed by atoms with Gasteiger partial charge < -0.3 is 10.2 Å². The Labute approximate surface area is 202 Å². The number of rotatable bonds is 8. The van der Waals surface area contributed by atoms with Crippen LogP contribution in [0.15, 0.2) is 90.1 Å². The summed E-state index contributed by atoms with van der Waals surface area (Å²) in [5, 5.41) is 12.2. The molecule has 4 aromatic rings. The van der Waals surface area contributed by atoms with Crippen LogP contribution in [0.4, 0.5) is 5.69 Å². The summed E-state index contributed by atoms with van der Waals surface area (Å²) in [6.07, 6.45) is 0. The van der Waals surface area contributed by atoms with Gasteiger partial charge in [0.2, 0.25) is 11.8 Å². The van der Waals surface area contributed by atoms with Gasteiger partial charge in [-0.15, -0.1) is 10.2 Å². The third-order valence-electron chi connectivity index (χ3n) is 5.15. The number of aryl methyl sites for hydroxylation is 1. The number of nitrogens with zero attached hydrogens (tertiary/aromatic N) is 4. The van der Waals surface area contributed by atoms with Gasteiger partial charge in [0.1, 0.15) is 0 Å². The van der Waals surface area contributed by atoms with E-state index in [9.17, 15) is 9.59 Å². The Morgan fingerprint density at radius 1 is 0.912 bits per heavy atom. The van der Waals surface area contributed by atoms with Crippen LogP contribution >= 0.6 is 11.8 Å². The van der Waals surface area contributed by atoms with E-state index in [1.54, 1.807) is 7.05 Å². The maximum atomic E-state index is 12.7. The standard InChI is InChI=1S/C26H25N5O2S/c1-19-13-15-21(16-14-19)27-23(32)17-30(2)24(33)18-34-26-29-28-25(20-9-5-3-6-10-20)31(26)22-11-7-4-8-12-22/h3-16H,17-18H2,1-2H3,(H,27,32). The van der Waals surface area contributed by atoms with E-state index in [1.807, 2.05) is 96.4 Å². The van der Waals surface area contributed by atoms with E-state index in [1.165, 1.54) is 16.7 Å². The zero-order chi connectivity index (χ0) is 23.9. The van der Waals surface area contributed by atoms with Crippen molar-refractivity contribution >= 4 is 29.3 Å². The molecule has 34 heavy (non-hydrogen) atoms. The highest BCUT2D eigenvalue weighted by Crippen LogP contribution is 2.27. The van der Waals surface area contributed by atoms with Gasteiger partial charge in [-0.1, -0.05) is 78.0 Å². The normalized spacial score (nSPS) is 10.6. The molecule has 0 saturated carbocycles. The predicted octanol–water partition coefficient (Wildman–Crippen LogP) is 4.43. The smallest absolute Gasteiger partial charge is 0.243 e. The average molecular weight is 472 g/mol. The Balaban J connectivity index is 1.43. The lowest BCUT2D eigenvalue weighted by molar-refractivity contribution is -0.131. The molecule has 0 spiro atoms. The van der Waals surface area contributed by atoms with Gasteiger partial charge in [0.05, 0.1) is 12.3 Å². The average Bonchev–Trinajstić information content (AvgIpc) is 3.29. The Kier molecular flexibility index (Phi) is 7.39. The highest BCUT2D eigenvalue weighted by molar-refractivity contribution is 7.99. The molecular weight excluding hydrogens is 446 g/mol. The molecule has 4 rings (SSSR count).